The van der Waals surface area contributed by atoms with Crippen molar-refractivity contribution in [3.05, 3.63) is 75.5 Å². The van der Waals surface area contributed by atoms with E-state index in [4.69, 9.17) is 9.63 Å². The molecule has 1 heterocycles. The van der Waals surface area contributed by atoms with Gasteiger partial charge in [-0.25, -0.2) is 0 Å². The monoisotopic (exact) mass is 597 g/mol. The number of anilines is 2. The third kappa shape index (κ3) is 7.77. The fourth-order valence-electron chi connectivity index (χ4n) is 5.36. The lowest BCUT2D eigenvalue weighted by Crippen LogP contribution is -2.28. The molecular weight excluding hydrogens is 564 g/mol. The van der Waals surface area contributed by atoms with Crippen LogP contribution in [0, 0.1) is 6.92 Å². The highest BCUT2D eigenvalue weighted by atomic mass is 19.4. The number of hydrogen-bond acceptors (Lipinski definition) is 5. The molecule has 0 radical (unpaired) electrons. The number of unbranched alkanes of at least 4 members (excludes halogenated alkanes) is 1. The van der Waals surface area contributed by atoms with Crippen LogP contribution in [0.25, 0.3) is 0 Å². The number of rotatable bonds is 12. The normalized spacial score (nSPS) is 13.3. The van der Waals surface area contributed by atoms with Crippen molar-refractivity contribution < 1.29 is 40.8 Å². The number of carbonyl (C=O) groups is 1. The Balaban J connectivity index is 1.73. The molecule has 0 saturated carbocycles. The van der Waals surface area contributed by atoms with Crippen molar-refractivity contribution in [2.24, 2.45) is 0 Å². The van der Waals surface area contributed by atoms with E-state index in [-0.39, 0.29) is 37.0 Å². The van der Waals surface area contributed by atoms with Gasteiger partial charge in [0, 0.05) is 44.4 Å². The molecule has 1 aromatic heterocycles. The first-order valence-electron chi connectivity index (χ1n) is 13.8. The summed E-state index contributed by atoms with van der Waals surface area (Å²) in [5.41, 5.74) is 1.68. The smallest absolute Gasteiger partial charge is 0.416 e. The fraction of sp³-hybridized carbons (Fsp3) is 0.467. The lowest BCUT2D eigenvalue weighted by atomic mass is 10.0. The van der Waals surface area contributed by atoms with Crippen LogP contribution in [-0.2, 0) is 43.1 Å². The highest BCUT2D eigenvalue weighted by Gasteiger charge is 2.37. The van der Waals surface area contributed by atoms with E-state index in [1.54, 1.807) is 17.9 Å². The number of hydrogen-bond donors (Lipinski definition) is 1. The molecule has 12 heteroatoms. The minimum atomic E-state index is -4.96. The molecule has 0 unspecified atom stereocenters. The van der Waals surface area contributed by atoms with Crippen LogP contribution in [0.4, 0.5) is 37.9 Å². The molecule has 0 atom stereocenters. The summed E-state index contributed by atoms with van der Waals surface area (Å²) >= 11 is 0. The summed E-state index contributed by atoms with van der Waals surface area (Å²) in [4.78, 5) is 14.7. The van der Waals surface area contributed by atoms with Crippen molar-refractivity contribution >= 4 is 17.5 Å². The summed E-state index contributed by atoms with van der Waals surface area (Å²) in [7, 11) is 0. The molecule has 0 bridgehead atoms. The Labute approximate surface area is 239 Å². The molecule has 2 aromatic carbocycles. The number of fused-ring (bicyclic) bond motifs is 1. The number of alkyl halides is 6. The number of benzene rings is 2. The summed E-state index contributed by atoms with van der Waals surface area (Å²) in [6.07, 6.45) is -5.94. The molecule has 1 N–H and O–H groups in total. The second kappa shape index (κ2) is 12.7. The second-order valence-corrected chi connectivity index (χ2v) is 10.6. The number of halogens is 6. The zero-order valence-corrected chi connectivity index (χ0v) is 23.4. The van der Waals surface area contributed by atoms with Gasteiger partial charge in [0.25, 0.3) is 0 Å². The Morgan fingerprint density at radius 2 is 1.55 bits per heavy atom. The molecule has 228 valence electrons. The first-order valence-corrected chi connectivity index (χ1v) is 13.8. The van der Waals surface area contributed by atoms with Gasteiger partial charge in [0.2, 0.25) is 5.88 Å². The zero-order valence-electron chi connectivity index (χ0n) is 23.4. The highest BCUT2D eigenvalue weighted by molar-refractivity contribution is 5.66. The van der Waals surface area contributed by atoms with Gasteiger partial charge in [-0.15, -0.1) is 0 Å². The third-order valence-corrected chi connectivity index (χ3v) is 7.39. The lowest BCUT2D eigenvalue weighted by molar-refractivity contribution is -0.143. The van der Waals surface area contributed by atoms with Gasteiger partial charge in [-0.05, 0) is 92.5 Å². The third-order valence-electron chi connectivity index (χ3n) is 7.39. The minimum Gasteiger partial charge on any atom is -0.481 e. The molecule has 0 spiro atoms. The van der Waals surface area contributed by atoms with Crippen LogP contribution in [0.3, 0.4) is 0 Å². The summed E-state index contributed by atoms with van der Waals surface area (Å²) in [6.45, 7) is 4.73. The Morgan fingerprint density at radius 3 is 2.10 bits per heavy atom. The number of nitrogens with zero attached hydrogens (tertiary/aromatic N) is 3. The standard InChI is InChI=1S/C30H33F6N3O3/c1-3-38(10-5-4-9-28(40)41)26-15-22-8-6-7-21(22)14-23(26)18-39(27-11-19(2)37-42-27)17-20-12-24(29(31,32)33)16-25(13-20)30(34,35)36/h11-16H,3-10,17-18H2,1-2H3,(H,40,41). The van der Waals surface area contributed by atoms with E-state index in [0.29, 0.717) is 31.6 Å². The van der Waals surface area contributed by atoms with Gasteiger partial charge in [-0.1, -0.05) is 11.2 Å². The van der Waals surface area contributed by atoms with E-state index in [2.05, 4.69) is 22.2 Å². The van der Waals surface area contributed by atoms with Gasteiger partial charge in [-0.2, -0.15) is 26.3 Å². The van der Waals surface area contributed by atoms with E-state index >= 15 is 0 Å². The van der Waals surface area contributed by atoms with E-state index in [1.807, 2.05) is 6.92 Å². The maximum absolute atomic E-state index is 13.6. The zero-order chi connectivity index (χ0) is 30.7. The van der Waals surface area contributed by atoms with Crippen LogP contribution in [0.2, 0.25) is 0 Å². The Morgan fingerprint density at radius 1 is 0.905 bits per heavy atom. The fourth-order valence-corrected chi connectivity index (χ4v) is 5.36. The highest BCUT2D eigenvalue weighted by Crippen LogP contribution is 2.38. The first-order chi connectivity index (χ1) is 19.7. The molecule has 0 saturated heterocycles. The summed E-state index contributed by atoms with van der Waals surface area (Å²) in [5.74, 6) is -0.646. The largest absolute Gasteiger partial charge is 0.481 e. The van der Waals surface area contributed by atoms with Crippen molar-refractivity contribution in [2.75, 3.05) is 22.9 Å². The van der Waals surface area contributed by atoms with Crippen LogP contribution >= 0.6 is 0 Å². The van der Waals surface area contributed by atoms with Crippen LogP contribution in [0.15, 0.2) is 40.9 Å². The van der Waals surface area contributed by atoms with E-state index in [0.717, 1.165) is 48.2 Å². The van der Waals surface area contributed by atoms with E-state index in [9.17, 15) is 31.1 Å². The Bertz CT molecular complexity index is 1370. The van der Waals surface area contributed by atoms with Crippen molar-refractivity contribution in [1.29, 1.82) is 0 Å². The number of carboxylic acid groups (broad SMARTS) is 1. The van der Waals surface area contributed by atoms with Crippen LogP contribution in [0.1, 0.15) is 71.7 Å². The quantitative estimate of drug-likeness (QED) is 0.170. The van der Waals surface area contributed by atoms with Crippen molar-refractivity contribution in [3.63, 3.8) is 0 Å². The molecule has 1 aliphatic carbocycles. The van der Waals surface area contributed by atoms with Gasteiger partial charge < -0.3 is 19.4 Å². The average Bonchev–Trinajstić information content (AvgIpc) is 3.55. The number of aryl methyl sites for hydroxylation is 3. The number of carboxylic acids is 1. The maximum Gasteiger partial charge on any atom is 0.416 e. The number of aromatic nitrogens is 1. The predicted octanol–water partition coefficient (Wildman–Crippen LogP) is 7.80. The Hall–Kier alpha value is -3.70. The van der Waals surface area contributed by atoms with Crippen molar-refractivity contribution in [1.82, 2.24) is 5.16 Å². The summed E-state index contributed by atoms with van der Waals surface area (Å²) in [5, 5.41) is 12.9. The maximum atomic E-state index is 13.6. The molecule has 0 amide bonds. The number of aliphatic carboxylic acids is 1. The topological polar surface area (TPSA) is 69.8 Å². The SMILES string of the molecule is CCN(CCCCC(=O)O)c1cc2c(cc1CN(Cc1cc(C(F)(F)F)cc(C(F)(F)F)c1)c1cc(C)no1)CCC2. The van der Waals surface area contributed by atoms with Crippen LogP contribution in [0.5, 0.6) is 0 Å². The van der Waals surface area contributed by atoms with E-state index in [1.165, 1.54) is 5.56 Å². The molecule has 1 aliphatic rings. The van der Waals surface area contributed by atoms with Crippen LogP contribution < -0.4 is 9.80 Å². The first kappa shape index (κ1) is 31.2. The van der Waals surface area contributed by atoms with Gasteiger partial charge in [0.1, 0.15) is 0 Å². The molecule has 4 rings (SSSR count). The van der Waals surface area contributed by atoms with Crippen molar-refractivity contribution in [3.8, 4) is 0 Å². The van der Waals surface area contributed by atoms with Gasteiger partial charge >= 0.3 is 18.3 Å². The molecule has 0 aliphatic heterocycles. The Kier molecular flexibility index (Phi) is 9.42. The molecule has 42 heavy (non-hydrogen) atoms. The molecule has 6 nitrogen and oxygen atoms in total. The van der Waals surface area contributed by atoms with E-state index < -0.39 is 29.4 Å². The summed E-state index contributed by atoms with van der Waals surface area (Å²) < 4.78 is 86.9. The van der Waals surface area contributed by atoms with Gasteiger partial charge in [-0.3, -0.25) is 4.79 Å². The predicted molar refractivity (Wildman–Crippen MR) is 145 cm³/mol. The molecular formula is C30H33F6N3O3. The minimum absolute atomic E-state index is 0.0596. The van der Waals surface area contributed by atoms with Gasteiger partial charge in [0.05, 0.1) is 16.8 Å². The molecule has 0 fully saturated rings. The average molecular weight is 598 g/mol. The second-order valence-electron chi connectivity index (χ2n) is 10.6. The lowest BCUT2D eigenvalue weighted by Gasteiger charge is -2.30. The molecule has 3 aromatic rings. The van der Waals surface area contributed by atoms with Crippen LogP contribution in [-0.4, -0.2) is 29.3 Å². The van der Waals surface area contributed by atoms with Gasteiger partial charge in [0.15, 0.2) is 0 Å². The summed E-state index contributed by atoms with van der Waals surface area (Å²) in [6, 6.07) is 7.34. The van der Waals surface area contributed by atoms with Crippen molar-refractivity contribution in [2.45, 2.75) is 77.8 Å².